The van der Waals surface area contributed by atoms with Crippen molar-refractivity contribution in [1.29, 1.82) is 0 Å². The molecule has 0 aliphatic heterocycles. The van der Waals surface area contributed by atoms with Gasteiger partial charge in [-0.3, -0.25) is 0 Å². The lowest BCUT2D eigenvalue weighted by Gasteiger charge is -2.19. The molecule has 1 N–H and O–H groups in total. The Bertz CT molecular complexity index is 592. The van der Waals surface area contributed by atoms with Gasteiger partial charge < -0.3 is 10.1 Å². The third kappa shape index (κ3) is 7.04. The average Bonchev–Trinajstić information content (AvgIpc) is 2.51. The molecule has 0 aliphatic carbocycles. The molecular formula is C21H30ClNO. The molecule has 1 atom stereocenters. The second kappa shape index (κ2) is 9.83. The molecule has 1 unspecified atom stereocenters. The highest BCUT2D eigenvalue weighted by molar-refractivity contribution is 5.85. The van der Waals surface area contributed by atoms with E-state index in [1.807, 2.05) is 13.1 Å². The highest BCUT2D eigenvalue weighted by Gasteiger charge is 2.12. The molecule has 0 amide bonds. The average molecular weight is 348 g/mol. The first-order chi connectivity index (χ1) is 11.0. The molecule has 0 heterocycles. The second-order valence-corrected chi connectivity index (χ2v) is 7.32. The fraction of sp³-hybridized carbons (Fsp3) is 0.429. The van der Waals surface area contributed by atoms with Gasteiger partial charge in [-0.1, -0.05) is 75.4 Å². The van der Waals surface area contributed by atoms with E-state index in [1.54, 1.807) is 0 Å². The molecule has 0 saturated carbocycles. The molecule has 0 aliphatic rings. The van der Waals surface area contributed by atoms with E-state index in [4.69, 9.17) is 4.74 Å². The number of ether oxygens (including phenoxy) is 1. The standard InChI is InChI=1S/C21H29NO.ClH/c1-21(2,3)14-17-9-8-10-18(13-17)15-23-16-20(22-4)19-11-6-5-7-12-19;/h5-13,20,22H,14-16H2,1-4H3;1H. The van der Waals surface area contributed by atoms with Gasteiger partial charge in [-0.2, -0.15) is 0 Å². The quantitative estimate of drug-likeness (QED) is 0.745. The van der Waals surface area contributed by atoms with Crippen LogP contribution in [-0.4, -0.2) is 13.7 Å². The van der Waals surface area contributed by atoms with E-state index in [0.29, 0.717) is 18.6 Å². The van der Waals surface area contributed by atoms with Crippen molar-refractivity contribution in [2.24, 2.45) is 5.41 Å². The van der Waals surface area contributed by atoms with Crippen molar-refractivity contribution in [1.82, 2.24) is 5.32 Å². The molecule has 3 heteroatoms. The van der Waals surface area contributed by atoms with Crippen molar-refractivity contribution < 1.29 is 4.74 Å². The molecule has 2 rings (SSSR count). The van der Waals surface area contributed by atoms with Crippen LogP contribution in [0, 0.1) is 5.41 Å². The topological polar surface area (TPSA) is 21.3 Å². The first-order valence-corrected chi connectivity index (χ1v) is 8.36. The SMILES string of the molecule is CNC(COCc1cccc(CC(C)(C)C)c1)c1ccccc1.Cl. The molecule has 2 nitrogen and oxygen atoms in total. The van der Waals surface area contributed by atoms with Gasteiger partial charge in [0.05, 0.1) is 19.3 Å². The van der Waals surface area contributed by atoms with Gasteiger partial charge in [-0.05, 0) is 35.6 Å². The Kier molecular flexibility index (Phi) is 8.47. The lowest BCUT2D eigenvalue weighted by molar-refractivity contribution is 0.101. The van der Waals surface area contributed by atoms with Gasteiger partial charge in [-0.25, -0.2) is 0 Å². The number of hydrogen-bond acceptors (Lipinski definition) is 2. The Morgan fingerprint density at radius 1 is 0.958 bits per heavy atom. The van der Waals surface area contributed by atoms with Crippen molar-refractivity contribution in [2.75, 3.05) is 13.7 Å². The van der Waals surface area contributed by atoms with Gasteiger partial charge in [0.1, 0.15) is 0 Å². The van der Waals surface area contributed by atoms with Gasteiger partial charge >= 0.3 is 0 Å². The zero-order valence-corrected chi connectivity index (χ0v) is 16.0. The summed E-state index contributed by atoms with van der Waals surface area (Å²) in [5, 5.41) is 3.32. The van der Waals surface area contributed by atoms with Crippen LogP contribution in [0.5, 0.6) is 0 Å². The summed E-state index contributed by atoms with van der Waals surface area (Å²) in [6.07, 6.45) is 1.09. The Balaban J connectivity index is 0.00000288. The Labute approximate surface area is 153 Å². The number of hydrogen-bond donors (Lipinski definition) is 1. The summed E-state index contributed by atoms with van der Waals surface area (Å²) >= 11 is 0. The smallest absolute Gasteiger partial charge is 0.0717 e. The maximum atomic E-state index is 5.95. The number of nitrogens with one attached hydrogen (secondary N) is 1. The molecule has 0 fully saturated rings. The van der Waals surface area contributed by atoms with Crippen LogP contribution in [0.1, 0.15) is 43.5 Å². The third-order valence-corrected chi connectivity index (χ3v) is 3.83. The van der Waals surface area contributed by atoms with Crippen LogP contribution in [0.15, 0.2) is 54.6 Å². The van der Waals surface area contributed by atoms with E-state index < -0.39 is 0 Å². The lowest BCUT2D eigenvalue weighted by atomic mass is 9.88. The highest BCUT2D eigenvalue weighted by atomic mass is 35.5. The Morgan fingerprint density at radius 2 is 1.62 bits per heavy atom. The van der Waals surface area contributed by atoms with E-state index in [9.17, 15) is 0 Å². The summed E-state index contributed by atoms with van der Waals surface area (Å²) in [5.41, 5.74) is 4.20. The maximum absolute atomic E-state index is 5.95. The molecular weight excluding hydrogens is 318 g/mol. The fourth-order valence-corrected chi connectivity index (χ4v) is 2.77. The van der Waals surface area contributed by atoms with Crippen LogP contribution < -0.4 is 5.32 Å². The number of rotatable bonds is 7. The minimum atomic E-state index is 0. The minimum Gasteiger partial charge on any atom is -0.375 e. The monoisotopic (exact) mass is 347 g/mol. The van der Waals surface area contributed by atoms with E-state index in [-0.39, 0.29) is 18.4 Å². The van der Waals surface area contributed by atoms with Crippen LogP contribution in [0.3, 0.4) is 0 Å². The van der Waals surface area contributed by atoms with Crippen LogP contribution in [0.4, 0.5) is 0 Å². The van der Waals surface area contributed by atoms with Crippen molar-refractivity contribution in [2.45, 2.75) is 39.8 Å². The zero-order valence-electron chi connectivity index (χ0n) is 15.2. The maximum Gasteiger partial charge on any atom is 0.0717 e. The summed E-state index contributed by atoms with van der Waals surface area (Å²) < 4.78 is 5.95. The van der Waals surface area contributed by atoms with Gasteiger partial charge in [0.2, 0.25) is 0 Å². The zero-order chi connectivity index (χ0) is 16.7. The summed E-state index contributed by atoms with van der Waals surface area (Å²) in [4.78, 5) is 0. The van der Waals surface area contributed by atoms with E-state index >= 15 is 0 Å². The summed E-state index contributed by atoms with van der Waals surface area (Å²) in [6.45, 7) is 8.14. The van der Waals surface area contributed by atoms with Gasteiger partial charge in [-0.15, -0.1) is 12.4 Å². The Hall–Kier alpha value is -1.35. The predicted octanol–water partition coefficient (Wildman–Crippen LogP) is 5.17. The molecule has 2 aromatic carbocycles. The third-order valence-electron chi connectivity index (χ3n) is 3.83. The summed E-state index contributed by atoms with van der Waals surface area (Å²) in [5.74, 6) is 0. The van der Waals surface area contributed by atoms with Crippen LogP contribution in [0.2, 0.25) is 0 Å². The lowest BCUT2D eigenvalue weighted by Crippen LogP contribution is -2.21. The van der Waals surface area contributed by atoms with Crippen molar-refractivity contribution in [3.05, 3.63) is 71.3 Å². The summed E-state index contributed by atoms with van der Waals surface area (Å²) in [6, 6.07) is 19.4. The van der Waals surface area contributed by atoms with Crippen molar-refractivity contribution >= 4 is 12.4 Å². The van der Waals surface area contributed by atoms with Crippen LogP contribution in [0.25, 0.3) is 0 Å². The molecule has 0 aromatic heterocycles. The van der Waals surface area contributed by atoms with E-state index in [2.05, 4.69) is 74.6 Å². The van der Waals surface area contributed by atoms with Gasteiger partial charge in [0.25, 0.3) is 0 Å². The largest absolute Gasteiger partial charge is 0.375 e. The first kappa shape index (κ1) is 20.7. The Morgan fingerprint density at radius 3 is 2.25 bits per heavy atom. The number of likely N-dealkylation sites (N-methyl/N-ethyl adjacent to an activating group) is 1. The second-order valence-electron chi connectivity index (χ2n) is 7.32. The van der Waals surface area contributed by atoms with Crippen LogP contribution in [-0.2, 0) is 17.8 Å². The molecule has 24 heavy (non-hydrogen) atoms. The van der Waals surface area contributed by atoms with Gasteiger partial charge in [0, 0.05) is 0 Å². The van der Waals surface area contributed by atoms with Crippen molar-refractivity contribution in [3.63, 3.8) is 0 Å². The molecule has 0 spiro atoms. The van der Waals surface area contributed by atoms with Crippen LogP contribution >= 0.6 is 12.4 Å². The molecule has 0 saturated heterocycles. The predicted molar refractivity (Wildman–Crippen MR) is 105 cm³/mol. The number of halogens is 1. The normalized spacial score (nSPS) is 12.5. The summed E-state index contributed by atoms with van der Waals surface area (Å²) in [7, 11) is 1.98. The molecule has 132 valence electrons. The fourth-order valence-electron chi connectivity index (χ4n) is 2.77. The van der Waals surface area contributed by atoms with Crippen molar-refractivity contribution in [3.8, 4) is 0 Å². The highest BCUT2D eigenvalue weighted by Crippen LogP contribution is 2.21. The minimum absolute atomic E-state index is 0. The molecule has 2 aromatic rings. The first-order valence-electron chi connectivity index (χ1n) is 8.36. The molecule has 0 radical (unpaired) electrons. The van der Waals surface area contributed by atoms with Gasteiger partial charge in [0.15, 0.2) is 0 Å². The van der Waals surface area contributed by atoms with E-state index in [0.717, 1.165) is 6.42 Å². The molecule has 0 bridgehead atoms. The van der Waals surface area contributed by atoms with E-state index in [1.165, 1.54) is 16.7 Å². The number of benzene rings is 2.